The maximum atomic E-state index is 11.7. The molecular formula is C17H18O4S2. The molecule has 0 bridgehead atoms. The Balaban J connectivity index is 1.64. The zero-order valence-corrected chi connectivity index (χ0v) is 14.3. The molecule has 0 fully saturated rings. The summed E-state index contributed by atoms with van der Waals surface area (Å²) in [5.41, 5.74) is 0.831. The van der Waals surface area contributed by atoms with Crippen molar-refractivity contribution >= 4 is 29.5 Å². The molecule has 0 atom stereocenters. The summed E-state index contributed by atoms with van der Waals surface area (Å²) in [5.74, 6) is 1.14. The van der Waals surface area contributed by atoms with Crippen LogP contribution < -0.4 is 0 Å². The molecule has 0 aromatic heterocycles. The Hall–Kier alpha value is -1.79. The lowest BCUT2D eigenvalue weighted by Crippen LogP contribution is -2.09. The lowest BCUT2D eigenvalue weighted by Gasteiger charge is -2.06. The van der Waals surface area contributed by atoms with Crippen LogP contribution in [0.15, 0.2) is 52.3 Å². The van der Waals surface area contributed by atoms with E-state index in [1.807, 2.05) is 19.1 Å². The molecule has 2 rings (SSSR count). The highest BCUT2D eigenvalue weighted by molar-refractivity contribution is 8.00. The molecule has 0 amide bonds. The van der Waals surface area contributed by atoms with Crippen LogP contribution in [-0.2, 0) is 9.53 Å². The second kappa shape index (κ2) is 8.74. The first-order valence-corrected chi connectivity index (χ1v) is 9.01. The summed E-state index contributed by atoms with van der Waals surface area (Å²) in [5, 5.41) is 18.6. The van der Waals surface area contributed by atoms with Crippen molar-refractivity contribution < 1.29 is 19.7 Å². The highest BCUT2D eigenvalue weighted by atomic mass is 32.2. The van der Waals surface area contributed by atoms with Crippen molar-refractivity contribution in [3.63, 3.8) is 0 Å². The summed E-state index contributed by atoms with van der Waals surface area (Å²) < 4.78 is 5.18. The number of carbonyl (C=O) groups is 1. The third-order valence-corrected chi connectivity index (χ3v) is 4.92. The van der Waals surface area contributed by atoms with Crippen LogP contribution in [0.5, 0.6) is 11.5 Å². The molecule has 2 aromatic rings. The fourth-order valence-electron chi connectivity index (χ4n) is 1.76. The average Bonchev–Trinajstić information content (AvgIpc) is 2.54. The summed E-state index contributed by atoms with van der Waals surface area (Å²) in [4.78, 5) is 13.6. The van der Waals surface area contributed by atoms with E-state index in [0.717, 1.165) is 15.4 Å². The van der Waals surface area contributed by atoms with E-state index in [1.54, 1.807) is 42.1 Å². The van der Waals surface area contributed by atoms with Crippen molar-refractivity contribution in [3.05, 3.63) is 48.0 Å². The minimum Gasteiger partial charge on any atom is -0.508 e. The predicted molar refractivity (Wildman–Crippen MR) is 93.4 cm³/mol. The van der Waals surface area contributed by atoms with Crippen molar-refractivity contribution in [2.75, 3.05) is 18.1 Å². The van der Waals surface area contributed by atoms with Crippen LogP contribution in [0.1, 0.15) is 5.56 Å². The van der Waals surface area contributed by atoms with Gasteiger partial charge in [0.1, 0.15) is 18.1 Å². The quantitative estimate of drug-likeness (QED) is 0.449. The number of phenolic OH excluding ortho intramolecular Hbond substituents is 2. The molecule has 6 heteroatoms. The van der Waals surface area contributed by atoms with E-state index in [9.17, 15) is 15.0 Å². The van der Waals surface area contributed by atoms with Crippen molar-refractivity contribution in [1.29, 1.82) is 0 Å². The Morgan fingerprint density at radius 1 is 1.04 bits per heavy atom. The molecule has 0 saturated carbocycles. The van der Waals surface area contributed by atoms with Crippen LogP contribution in [-0.4, -0.2) is 34.3 Å². The summed E-state index contributed by atoms with van der Waals surface area (Å²) >= 11 is 2.95. The number of hydrogen-bond donors (Lipinski definition) is 2. The van der Waals surface area contributed by atoms with Crippen LogP contribution >= 0.6 is 23.5 Å². The van der Waals surface area contributed by atoms with Gasteiger partial charge >= 0.3 is 5.97 Å². The Labute approximate surface area is 143 Å². The second-order valence-electron chi connectivity index (χ2n) is 4.80. The van der Waals surface area contributed by atoms with Gasteiger partial charge in [-0.25, -0.2) is 0 Å². The number of aryl methyl sites for hydroxylation is 1. The van der Waals surface area contributed by atoms with E-state index < -0.39 is 0 Å². The van der Waals surface area contributed by atoms with Gasteiger partial charge < -0.3 is 14.9 Å². The van der Waals surface area contributed by atoms with Crippen LogP contribution in [0, 0.1) is 6.92 Å². The van der Waals surface area contributed by atoms with Gasteiger partial charge in [-0.2, -0.15) is 0 Å². The highest BCUT2D eigenvalue weighted by Crippen LogP contribution is 2.24. The zero-order valence-electron chi connectivity index (χ0n) is 12.7. The van der Waals surface area contributed by atoms with Crippen molar-refractivity contribution in [2.45, 2.75) is 16.7 Å². The van der Waals surface area contributed by atoms with E-state index in [1.165, 1.54) is 11.8 Å². The lowest BCUT2D eigenvalue weighted by atomic mass is 10.2. The average molecular weight is 350 g/mol. The van der Waals surface area contributed by atoms with Crippen LogP contribution in [0.25, 0.3) is 0 Å². The summed E-state index contributed by atoms with van der Waals surface area (Å²) in [6.45, 7) is 2.19. The first-order valence-electron chi connectivity index (χ1n) is 7.04. The third kappa shape index (κ3) is 6.08. The first kappa shape index (κ1) is 17.6. The van der Waals surface area contributed by atoms with Gasteiger partial charge in [-0.1, -0.05) is 0 Å². The van der Waals surface area contributed by atoms with E-state index in [-0.39, 0.29) is 23.2 Å². The molecule has 0 radical (unpaired) electrons. The van der Waals surface area contributed by atoms with Gasteiger partial charge in [0.2, 0.25) is 0 Å². The van der Waals surface area contributed by atoms with Crippen LogP contribution in [0.3, 0.4) is 0 Å². The normalized spacial score (nSPS) is 10.5. The molecule has 122 valence electrons. The Kier molecular flexibility index (Phi) is 6.67. The molecule has 0 aliphatic carbocycles. The number of aromatic hydroxyl groups is 2. The van der Waals surface area contributed by atoms with Gasteiger partial charge in [-0.3, -0.25) is 4.79 Å². The smallest absolute Gasteiger partial charge is 0.316 e. The maximum Gasteiger partial charge on any atom is 0.316 e. The standard InChI is InChI=1S/C17H18O4S2/c1-12-10-15(6-7-16(12)19)22-9-8-21-17(20)11-23-14-4-2-13(18)3-5-14/h2-7,10,18-19H,8-9,11H2,1H3. The molecule has 2 aromatic carbocycles. The molecule has 2 N–H and O–H groups in total. The van der Waals surface area contributed by atoms with Gasteiger partial charge in [-0.05, 0) is 55.0 Å². The molecule has 4 nitrogen and oxygen atoms in total. The van der Waals surface area contributed by atoms with Crippen molar-refractivity contribution in [3.8, 4) is 11.5 Å². The Bertz CT molecular complexity index is 656. The minimum absolute atomic E-state index is 0.207. The fraction of sp³-hybridized carbons (Fsp3) is 0.235. The number of carbonyl (C=O) groups excluding carboxylic acids is 1. The predicted octanol–water partition coefficient (Wildman–Crippen LogP) is 3.83. The minimum atomic E-state index is -0.259. The van der Waals surface area contributed by atoms with Crippen molar-refractivity contribution in [1.82, 2.24) is 0 Å². The molecule has 23 heavy (non-hydrogen) atoms. The van der Waals surface area contributed by atoms with Gasteiger partial charge in [0.25, 0.3) is 0 Å². The number of benzene rings is 2. The second-order valence-corrected chi connectivity index (χ2v) is 7.02. The van der Waals surface area contributed by atoms with Gasteiger partial charge in [0.15, 0.2) is 0 Å². The van der Waals surface area contributed by atoms with Gasteiger partial charge in [0.05, 0.1) is 5.75 Å². The number of ether oxygens (including phenoxy) is 1. The molecule has 0 aliphatic rings. The number of esters is 1. The Morgan fingerprint density at radius 2 is 1.74 bits per heavy atom. The molecule has 0 aliphatic heterocycles. The van der Waals surface area contributed by atoms with E-state index >= 15 is 0 Å². The number of rotatable bonds is 7. The number of hydrogen-bond acceptors (Lipinski definition) is 6. The largest absolute Gasteiger partial charge is 0.508 e. The monoisotopic (exact) mass is 350 g/mol. The Morgan fingerprint density at radius 3 is 2.43 bits per heavy atom. The van der Waals surface area contributed by atoms with Gasteiger partial charge in [-0.15, -0.1) is 23.5 Å². The molecule has 0 spiro atoms. The first-order chi connectivity index (χ1) is 11.0. The topological polar surface area (TPSA) is 66.8 Å². The summed E-state index contributed by atoms with van der Waals surface area (Å²) in [6.07, 6.45) is 0. The van der Waals surface area contributed by atoms with Crippen LogP contribution in [0.2, 0.25) is 0 Å². The van der Waals surface area contributed by atoms with E-state index in [2.05, 4.69) is 0 Å². The van der Waals surface area contributed by atoms with Crippen molar-refractivity contribution in [2.24, 2.45) is 0 Å². The maximum absolute atomic E-state index is 11.7. The third-order valence-electron chi connectivity index (χ3n) is 2.98. The SMILES string of the molecule is Cc1cc(SCCOC(=O)CSc2ccc(O)cc2)ccc1O. The van der Waals surface area contributed by atoms with Gasteiger partial charge in [0, 0.05) is 15.5 Å². The molecule has 0 unspecified atom stereocenters. The van der Waals surface area contributed by atoms with Crippen LogP contribution in [0.4, 0.5) is 0 Å². The fourth-order valence-corrected chi connectivity index (χ4v) is 3.28. The number of phenols is 2. The van der Waals surface area contributed by atoms with E-state index in [4.69, 9.17) is 4.74 Å². The summed E-state index contributed by atoms with van der Waals surface area (Å²) in [6, 6.07) is 12.1. The number of thioether (sulfide) groups is 2. The van der Waals surface area contributed by atoms with E-state index in [0.29, 0.717) is 12.4 Å². The molecule has 0 heterocycles. The zero-order chi connectivity index (χ0) is 16.7. The highest BCUT2D eigenvalue weighted by Gasteiger charge is 2.05. The molecular weight excluding hydrogens is 332 g/mol. The molecule has 0 saturated heterocycles. The lowest BCUT2D eigenvalue weighted by molar-refractivity contribution is -0.139. The summed E-state index contributed by atoms with van der Waals surface area (Å²) in [7, 11) is 0.